The molecule has 2 aromatic heterocycles. The van der Waals surface area contributed by atoms with Crippen molar-refractivity contribution in [2.24, 2.45) is 5.92 Å². The maximum Gasteiger partial charge on any atom is 0.256 e. The first-order chi connectivity index (χ1) is 15.4. The summed E-state index contributed by atoms with van der Waals surface area (Å²) in [6.07, 6.45) is 4.26. The number of hydrogen-bond acceptors (Lipinski definition) is 4. The van der Waals surface area contributed by atoms with Gasteiger partial charge in [-0.3, -0.25) is 9.89 Å². The normalized spacial score (nSPS) is 14.7. The van der Waals surface area contributed by atoms with Crippen molar-refractivity contribution in [1.82, 2.24) is 20.1 Å². The number of carbonyl (C=O) groups is 1. The fraction of sp³-hybridized carbons (Fsp3) is 0.375. The number of halogens is 2. The molecule has 3 aromatic rings. The lowest BCUT2D eigenvalue weighted by Gasteiger charge is -2.32. The number of nitrogens with zero attached hydrogens (tertiary/aromatic N) is 3. The van der Waals surface area contributed by atoms with Gasteiger partial charge in [-0.15, -0.1) is 0 Å². The van der Waals surface area contributed by atoms with Gasteiger partial charge in [0.25, 0.3) is 5.91 Å². The highest BCUT2D eigenvalue weighted by molar-refractivity contribution is 5.94. The molecule has 1 fully saturated rings. The van der Waals surface area contributed by atoms with Gasteiger partial charge in [0.2, 0.25) is 0 Å². The van der Waals surface area contributed by atoms with E-state index in [0.29, 0.717) is 24.9 Å². The molecule has 2 N–H and O–H groups in total. The Kier molecular flexibility index (Phi) is 6.48. The number of pyridine rings is 1. The average Bonchev–Trinajstić information content (AvgIpc) is 3.25. The van der Waals surface area contributed by atoms with Crippen molar-refractivity contribution in [1.29, 1.82) is 0 Å². The van der Waals surface area contributed by atoms with Gasteiger partial charge in [-0.05, 0) is 60.9 Å². The Morgan fingerprint density at radius 2 is 1.97 bits per heavy atom. The van der Waals surface area contributed by atoms with Crippen LogP contribution in [0, 0.1) is 17.6 Å². The summed E-state index contributed by atoms with van der Waals surface area (Å²) in [7, 11) is 0. The first kappa shape index (κ1) is 21.9. The summed E-state index contributed by atoms with van der Waals surface area (Å²) in [4.78, 5) is 18.6. The van der Waals surface area contributed by atoms with Gasteiger partial charge >= 0.3 is 0 Å². The molecule has 8 heteroatoms. The van der Waals surface area contributed by atoms with E-state index in [0.717, 1.165) is 48.2 Å². The summed E-state index contributed by atoms with van der Waals surface area (Å²) in [5, 5.41) is 10.5. The van der Waals surface area contributed by atoms with Crippen molar-refractivity contribution in [2.45, 2.75) is 39.0 Å². The van der Waals surface area contributed by atoms with Gasteiger partial charge < -0.3 is 10.2 Å². The van der Waals surface area contributed by atoms with Crippen molar-refractivity contribution in [2.75, 3.05) is 18.4 Å². The molecule has 6 nitrogen and oxygen atoms in total. The van der Waals surface area contributed by atoms with Crippen LogP contribution in [-0.2, 0) is 6.42 Å². The summed E-state index contributed by atoms with van der Waals surface area (Å²) in [6.45, 7) is 5.26. The lowest BCUT2D eigenvalue weighted by atomic mass is 9.90. The van der Waals surface area contributed by atoms with Gasteiger partial charge in [-0.2, -0.15) is 5.10 Å². The third-order valence-electron chi connectivity index (χ3n) is 5.91. The van der Waals surface area contributed by atoms with Crippen LogP contribution in [0.25, 0.3) is 0 Å². The number of rotatable bonds is 6. The number of anilines is 2. The third-order valence-corrected chi connectivity index (χ3v) is 5.91. The Morgan fingerprint density at radius 3 is 2.69 bits per heavy atom. The van der Waals surface area contributed by atoms with Gasteiger partial charge in [0.05, 0.1) is 5.56 Å². The van der Waals surface area contributed by atoms with Crippen LogP contribution in [0.15, 0.2) is 42.6 Å². The van der Waals surface area contributed by atoms with E-state index >= 15 is 0 Å². The van der Waals surface area contributed by atoms with Crippen molar-refractivity contribution in [3.8, 4) is 0 Å². The molecule has 0 atom stereocenters. The highest BCUT2D eigenvalue weighted by atomic mass is 19.2. The number of benzene rings is 1. The summed E-state index contributed by atoms with van der Waals surface area (Å²) in [5.41, 5.74) is 2.01. The van der Waals surface area contributed by atoms with E-state index in [9.17, 15) is 13.6 Å². The van der Waals surface area contributed by atoms with Crippen LogP contribution in [0.5, 0.6) is 0 Å². The zero-order valence-electron chi connectivity index (χ0n) is 18.2. The second-order valence-electron chi connectivity index (χ2n) is 8.58. The number of carbonyl (C=O) groups excluding carboxylic acids is 1. The summed E-state index contributed by atoms with van der Waals surface area (Å²) >= 11 is 0. The highest BCUT2D eigenvalue weighted by Gasteiger charge is 2.26. The number of nitrogens with one attached hydrogen (secondary N) is 2. The minimum Gasteiger partial charge on any atom is -0.339 e. The molecular formula is C24H27F2N5O. The quantitative estimate of drug-likeness (QED) is 0.564. The van der Waals surface area contributed by atoms with Gasteiger partial charge in [0, 0.05) is 31.0 Å². The second-order valence-corrected chi connectivity index (χ2v) is 8.58. The van der Waals surface area contributed by atoms with Crippen LogP contribution >= 0.6 is 0 Å². The molecule has 1 amide bonds. The van der Waals surface area contributed by atoms with Gasteiger partial charge in [-0.25, -0.2) is 13.8 Å². The van der Waals surface area contributed by atoms with E-state index in [4.69, 9.17) is 0 Å². The van der Waals surface area contributed by atoms with Crippen LogP contribution in [0.4, 0.5) is 20.4 Å². The van der Waals surface area contributed by atoms with Crippen LogP contribution < -0.4 is 5.32 Å². The number of likely N-dealkylation sites (tertiary alicyclic amines) is 1. The predicted octanol–water partition coefficient (Wildman–Crippen LogP) is 5.04. The molecule has 0 aliphatic carbocycles. The minimum atomic E-state index is -1.08. The van der Waals surface area contributed by atoms with Crippen LogP contribution in [0.2, 0.25) is 0 Å². The maximum absolute atomic E-state index is 14.0. The van der Waals surface area contributed by atoms with Crippen LogP contribution in [-0.4, -0.2) is 39.1 Å². The van der Waals surface area contributed by atoms with Crippen LogP contribution in [0.1, 0.15) is 54.2 Å². The van der Waals surface area contributed by atoms with Crippen molar-refractivity contribution in [3.05, 3.63) is 71.1 Å². The van der Waals surface area contributed by atoms with E-state index in [2.05, 4.69) is 34.3 Å². The number of H-pyrrole nitrogens is 1. The molecular weight excluding hydrogens is 412 g/mol. The molecule has 0 unspecified atom stereocenters. The number of hydrogen-bond donors (Lipinski definition) is 2. The SMILES string of the molecule is CC(C)c1cc(Nc2cc(CC3CCN(C(=O)c4cccc(F)c4F)CC3)ccn2)n[nH]1. The standard InChI is InChI=1S/C24H27F2N5O/c1-15(2)20-14-22(30-29-20)28-21-13-17(6-9-27-21)12-16-7-10-31(11-8-16)24(32)18-4-3-5-19(25)23(18)26/h3-6,9,13-16H,7-8,10-12H2,1-2H3,(H2,27,28,29,30). The Hall–Kier alpha value is -3.29. The first-order valence-electron chi connectivity index (χ1n) is 10.9. The molecule has 32 heavy (non-hydrogen) atoms. The van der Waals surface area contributed by atoms with Crippen molar-refractivity contribution in [3.63, 3.8) is 0 Å². The molecule has 0 bridgehead atoms. The molecule has 0 radical (unpaired) electrons. The lowest BCUT2D eigenvalue weighted by molar-refractivity contribution is 0.0684. The summed E-state index contributed by atoms with van der Waals surface area (Å²) < 4.78 is 27.4. The molecule has 1 aliphatic heterocycles. The minimum absolute atomic E-state index is 0.202. The Bertz CT molecular complexity index is 1090. The van der Waals surface area contributed by atoms with E-state index < -0.39 is 17.5 Å². The monoisotopic (exact) mass is 439 g/mol. The van der Waals surface area contributed by atoms with Gasteiger partial charge in [0.15, 0.2) is 17.5 Å². The van der Waals surface area contributed by atoms with Crippen LogP contribution in [0.3, 0.4) is 0 Å². The molecule has 1 aromatic carbocycles. The molecule has 168 valence electrons. The number of amides is 1. The average molecular weight is 440 g/mol. The molecule has 3 heterocycles. The van der Waals surface area contributed by atoms with E-state index in [1.54, 1.807) is 11.1 Å². The van der Waals surface area contributed by atoms with Crippen molar-refractivity contribution >= 4 is 17.5 Å². The van der Waals surface area contributed by atoms with E-state index in [1.807, 2.05) is 18.2 Å². The fourth-order valence-electron chi connectivity index (χ4n) is 4.01. The fourth-order valence-corrected chi connectivity index (χ4v) is 4.01. The predicted molar refractivity (Wildman–Crippen MR) is 119 cm³/mol. The Labute approximate surface area is 186 Å². The lowest BCUT2D eigenvalue weighted by Crippen LogP contribution is -2.39. The molecule has 4 rings (SSSR count). The smallest absolute Gasteiger partial charge is 0.256 e. The van der Waals surface area contributed by atoms with Crippen molar-refractivity contribution < 1.29 is 13.6 Å². The Morgan fingerprint density at radius 1 is 1.19 bits per heavy atom. The molecule has 1 aliphatic rings. The van der Waals surface area contributed by atoms with Gasteiger partial charge in [-0.1, -0.05) is 19.9 Å². The molecule has 1 saturated heterocycles. The highest BCUT2D eigenvalue weighted by Crippen LogP contribution is 2.25. The number of piperidine rings is 1. The van der Waals surface area contributed by atoms with E-state index in [1.165, 1.54) is 12.1 Å². The zero-order chi connectivity index (χ0) is 22.7. The summed E-state index contributed by atoms with van der Waals surface area (Å²) in [6, 6.07) is 9.71. The topological polar surface area (TPSA) is 73.9 Å². The summed E-state index contributed by atoms with van der Waals surface area (Å²) in [5.74, 6) is -0.280. The number of aromatic amines is 1. The zero-order valence-corrected chi connectivity index (χ0v) is 18.2. The second kappa shape index (κ2) is 9.46. The molecule has 0 saturated carbocycles. The Balaban J connectivity index is 1.33. The number of aromatic nitrogens is 3. The van der Waals surface area contributed by atoms with E-state index in [-0.39, 0.29) is 5.56 Å². The van der Waals surface area contributed by atoms with Gasteiger partial charge in [0.1, 0.15) is 5.82 Å². The first-order valence-corrected chi connectivity index (χ1v) is 10.9. The maximum atomic E-state index is 14.0. The molecule has 0 spiro atoms. The largest absolute Gasteiger partial charge is 0.339 e. The third kappa shape index (κ3) is 4.95.